The number of aromatic nitrogens is 2. The van der Waals surface area contributed by atoms with Crippen LogP contribution in [0.4, 0.5) is 0 Å². The molecule has 2 N–H and O–H groups in total. The lowest BCUT2D eigenvalue weighted by molar-refractivity contribution is -0.135. The zero-order valence-electron chi connectivity index (χ0n) is 21.4. The third-order valence-electron chi connectivity index (χ3n) is 6.71. The summed E-state index contributed by atoms with van der Waals surface area (Å²) in [6, 6.07) is 10.1. The topological polar surface area (TPSA) is 73.5 Å². The third kappa shape index (κ3) is 7.84. The number of carbonyl (C=O) groups excluding carboxylic acids is 1. The van der Waals surface area contributed by atoms with E-state index in [0.29, 0.717) is 31.4 Å². The first-order chi connectivity index (χ1) is 16.5. The van der Waals surface area contributed by atoms with Gasteiger partial charge in [0.15, 0.2) is 0 Å². The number of amides is 1. The molecule has 1 saturated carbocycles. The third-order valence-corrected chi connectivity index (χ3v) is 6.71. The first-order valence-electron chi connectivity index (χ1n) is 12.8. The predicted molar refractivity (Wildman–Crippen MR) is 137 cm³/mol. The molecule has 0 aliphatic heterocycles. The molecular weight excluding hydrogens is 426 g/mol. The van der Waals surface area contributed by atoms with Gasteiger partial charge in [0.1, 0.15) is 12.4 Å². The molecule has 7 heteroatoms. The van der Waals surface area contributed by atoms with Crippen LogP contribution in [0.1, 0.15) is 63.1 Å². The summed E-state index contributed by atoms with van der Waals surface area (Å²) in [5.74, 6) is 1.92. The van der Waals surface area contributed by atoms with Crippen LogP contribution in [0.25, 0.3) is 0 Å². The SMILES string of the molecule is CNCCN(C)Cc1c[nH]nc1C1CCC(N(CCOc2ccccc2)C(=O)CC(C)C)CC1. The fourth-order valence-electron chi connectivity index (χ4n) is 4.90. The van der Waals surface area contributed by atoms with E-state index in [1.807, 2.05) is 37.4 Å². The van der Waals surface area contributed by atoms with Crippen LogP contribution in [-0.4, -0.2) is 72.3 Å². The Bertz CT molecular complexity index is 846. The van der Waals surface area contributed by atoms with Crippen molar-refractivity contribution in [3.63, 3.8) is 0 Å². The van der Waals surface area contributed by atoms with Gasteiger partial charge >= 0.3 is 0 Å². The number of H-pyrrole nitrogens is 1. The molecule has 0 unspecified atom stereocenters. The minimum atomic E-state index is 0.252. The van der Waals surface area contributed by atoms with Crippen LogP contribution in [0.5, 0.6) is 5.75 Å². The molecular formula is C27H43N5O2. The van der Waals surface area contributed by atoms with Crippen molar-refractivity contribution in [3.8, 4) is 5.75 Å². The van der Waals surface area contributed by atoms with Gasteiger partial charge in [-0.1, -0.05) is 32.0 Å². The van der Waals surface area contributed by atoms with Gasteiger partial charge in [0.05, 0.1) is 12.2 Å². The van der Waals surface area contributed by atoms with Gasteiger partial charge in [-0.05, 0) is 57.8 Å². The van der Waals surface area contributed by atoms with Crippen LogP contribution < -0.4 is 10.1 Å². The molecule has 1 heterocycles. The molecule has 1 aliphatic carbocycles. The highest BCUT2D eigenvalue weighted by molar-refractivity contribution is 5.76. The Morgan fingerprint density at radius 1 is 1.18 bits per heavy atom. The molecule has 7 nitrogen and oxygen atoms in total. The molecule has 0 bridgehead atoms. The smallest absolute Gasteiger partial charge is 0.223 e. The molecule has 0 saturated heterocycles. The van der Waals surface area contributed by atoms with Gasteiger partial charge in [-0.25, -0.2) is 0 Å². The van der Waals surface area contributed by atoms with Crippen LogP contribution in [-0.2, 0) is 11.3 Å². The van der Waals surface area contributed by atoms with Crippen molar-refractivity contribution in [2.24, 2.45) is 5.92 Å². The van der Waals surface area contributed by atoms with Gasteiger partial charge in [0, 0.05) is 49.8 Å². The minimum Gasteiger partial charge on any atom is -0.492 e. The Morgan fingerprint density at radius 3 is 2.59 bits per heavy atom. The van der Waals surface area contributed by atoms with Crippen molar-refractivity contribution in [2.75, 3.05) is 40.3 Å². The number of nitrogens with one attached hydrogen (secondary N) is 2. The van der Waals surface area contributed by atoms with Crippen molar-refractivity contribution in [1.29, 1.82) is 0 Å². The molecule has 2 aromatic rings. The van der Waals surface area contributed by atoms with Gasteiger partial charge in [-0.2, -0.15) is 5.10 Å². The van der Waals surface area contributed by atoms with Crippen LogP contribution in [0.15, 0.2) is 36.5 Å². The quantitative estimate of drug-likeness (QED) is 0.463. The van der Waals surface area contributed by atoms with E-state index < -0.39 is 0 Å². The van der Waals surface area contributed by atoms with Gasteiger partial charge in [-0.15, -0.1) is 0 Å². The average Bonchev–Trinajstić information content (AvgIpc) is 3.29. The van der Waals surface area contributed by atoms with E-state index in [0.717, 1.165) is 51.1 Å². The van der Waals surface area contributed by atoms with Crippen molar-refractivity contribution in [3.05, 3.63) is 47.8 Å². The van der Waals surface area contributed by atoms with Crippen molar-refractivity contribution < 1.29 is 9.53 Å². The molecule has 188 valence electrons. The van der Waals surface area contributed by atoms with Gasteiger partial charge in [0.2, 0.25) is 5.91 Å². The van der Waals surface area contributed by atoms with E-state index >= 15 is 0 Å². The van der Waals surface area contributed by atoms with Gasteiger partial charge in [-0.3, -0.25) is 9.89 Å². The fraction of sp³-hybridized carbons (Fsp3) is 0.630. The Morgan fingerprint density at radius 2 is 1.91 bits per heavy atom. The first-order valence-corrected chi connectivity index (χ1v) is 12.8. The Hall–Kier alpha value is -2.38. The molecule has 1 fully saturated rings. The van der Waals surface area contributed by atoms with Gasteiger partial charge < -0.3 is 19.9 Å². The van der Waals surface area contributed by atoms with Crippen molar-refractivity contribution in [2.45, 2.75) is 64.5 Å². The Balaban J connectivity index is 1.57. The number of likely N-dealkylation sites (N-methyl/N-ethyl adjacent to an activating group) is 2. The van der Waals surface area contributed by atoms with Crippen molar-refractivity contribution in [1.82, 2.24) is 25.3 Å². The second-order valence-electron chi connectivity index (χ2n) is 9.99. The number of hydrogen-bond donors (Lipinski definition) is 2. The maximum Gasteiger partial charge on any atom is 0.223 e. The van der Waals surface area contributed by atoms with Crippen molar-refractivity contribution >= 4 is 5.91 Å². The molecule has 1 amide bonds. The highest BCUT2D eigenvalue weighted by atomic mass is 16.5. The number of nitrogens with zero attached hydrogens (tertiary/aromatic N) is 3. The number of ether oxygens (including phenoxy) is 1. The summed E-state index contributed by atoms with van der Waals surface area (Å²) in [4.78, 5) is 17.5. The molecule has 3 rings (SSSR count). The molecule has 0 spiro atoms. The summed E-state index contributed by atoms with van der Waals surface area (Å²) >= 11 is 0. The summed E-state index contributed by atoms with van der Waals surface area (Å²) in [6.07, 6.45) is 6.80. The van der Waals surface area contributed by atoms with E-state index in [9.17, 15) is 4.79 Å². The summed E-state index contributed by atoms with van der Waals surface area (Å²) in [5, 5.41) is 10.9. The summed E-state index contributed by atoms with van der Waals surface area (Å²) in [5.41, 5.74) is 2.51. The van der Waals surface area contributed by atoms with Crippen LogP contribution in [0.3, 0.4) is 0 Å². The first kappa shape index (κ1) is 26.2. The normalized spacial score (nSPS) is 18.4. The minimum absolute atomic E-state index is 0.252. The highest BCUT2D eigenvalue weighted by Crippen LogP contribution is 2.36. The fourth-order valence-corrected chi connectivity index (χ4v) is 4.90. The maximum atomic E-state index is 13.1. The monoisotopic (exact) mass is 469 g/mol. The standard InChI is InChI=1S/C27H43N5O2/c1-21(2)18-26(33)32(16-17-34-25-8-6-5-7-9-25)24-12-10-22(11-13-24)27-23(19-29-30-27)20-31(4)15-14-28-3/h5-9,19,21-22,24,28H,10-18,20H2,1-4H3,(H,29,30). The van der Waals surface area contributed by atoms with E-state index in [2.05, 4.69) is 52.4 Å². The largest absolute Gasteiger partial charge is 0.492 e. The van der Waals surface area contributed by atoms with Gasteiger partial charge in [0.25, 0.3) is 0 Å². The second kappa shape index (κ2) is 13.5. The number of para-hydroxylation sites is 1. The number of benzene rings is 1. The molecule has 34 heavy (non-hydrogen) atoms. The zero-order chi connectivity index (χ0) is 24.3. The average molecular weight is 470 g/mol. The summed E-state index contributed by atoms with van der Waals surface area (Å²) < 4.78 is 5.93. The molecule has 1 aliphatic rings. The Labute approximate surface area is 205 Å². The summed E-state index contributed by atoms with van der Waals surface area (Å²) in [7, 11) is 4.14. The lowest BCUT2D eigenvalue weighted by Gasteiger charge is -2.37. The molecule has 0 atom stereocenters. The van der Waals surface area contributed by atoms with E-state index in [1.165, 1.54) is 11.3 Å². The Kier molecular flexibility index (Phi) is 10.4. The molecule has 1 aromatic carbocycles. The lowest BCUT2D eigenvalue weighted by Crippen LogP contribution is -2.44. The molecule has 1 aromatic heterocycles. The zero-order valence-corrected chi connectivity index (χ0v) is 21.4. The lowest BCUT2D eigenvalue weighted by atomic mass is 9.82. The van der Waals surface area contributed by atoms with E-state index in [1.54, 1.807) is 0 Å². The molecule has 0 radical (unpaired) electrons. The second-order valence-corrected chi connectivity index (χ2v) is 9.99. The number of aromatic amines is 1. The number of carbonyl (C=O) groups is 1. The van der Waals surface area contributed by atoms with Crippen LogP contribution in [0.2, 0.25) is 0 Å². The maximum absolute atomic E-state index is 13.1. The van der Waals surface area contributed by atoms with E-state index in [-0.39, 0.29) is 11.9 Å². The van der Waals surface area contributed by atoms with Crippen LogP contribution in [0, 0.1) is 5.92 Å². The van der Waals surface area contributed by atoms with E-state index in [4.69, 9.17) is 4.74 Å². The van der Waals surface area contributed by atoms with Crippen LogP contribution >= 0.6 is 0 Å². The summed E-state index contributed by atoms with van der Waals surface area (Å²) in [6.45, 7) is 8.27. The number of hydrogen-bond acceptors (Lipinski definition) is 5. The predicted octanol–water partition coefficient (Wildman–Crippen LogP) is 4.04. The number of rotatable bonds is 13. The highest BCUT2D eigenvalue weighted by Gasteiger charge is 2.31.